The average molecular weight is 310 g/mol. The van der Waals surface area contributed by atoms with Crippen molar-refractivity contribution in [1.82, 2.24) is 19.4 Å². The molecule has 0 unspecified atom stereocenters. The molecule has 0 spiro atoms. The molecule has 2 bridgehead atoms. The van der Waals surface area contributed by atoms with Crippen molar-refractivity contribution in [3.05, 3.63) is 48.0 Å². The van der Waals surface area contributed by atoms with Crippen LogP contribution in [0.15, 0.2) is 36.5 Å². The maximum Gasteiger partial charge on any atom is 0.110 e. The van der Waals surface area contributed by atoms with Gasteiger partial charge in [-0.15, -0.1) is 0 Å². The summed E-state index contributed by atoms with van der Waals surface area (Å²) in [5.74, 6) is 1.07. The summed E-state index contributed by atoms with van der Waals surface area (Å²) < 4.78 is 2.30. The van der Waals surface area contributed by atoms with E-state index in [9.17, 15) is 0 Å². The lowest BCUT2D eigenvalue weighted by atomic mass is 10.1. The Kier molecular flexibility index (Phi) is 3.95. The van der Waals surface area contributed by atoms with Gasteiger partial charge in [-0.25, -0.2) is 4.98 Å². The van der Waals surface area contributed by atoms with Gasteiger partial charge in [-0.1, -0.05) is 18.2 Å². The average Bonchev–Trinajstić information content (AvgIpc) is 3.03. The fraction of sp³-hybridized carbons (Fsp3) is 0.526. The van der Waals surface area contributed by atoms with E-state index in [1.807, 2.05) is 0 Å². The molecular weight excluding hydrogens is 284 g/mol. The fourth-order valence-corrected chi connectivity index (χ4v) is 4.28. The fourth-order valence-electron chi connectivity index (χ4n) is 4.28. The van der Waals surface area contributed by atoms with E-state index in [1.54, 1.807) is 0 Å². The smallest absolute Gasteiger partial charge is 0.110 e. The van der Waals surface area contributed by atoms with Gasteiger partial charge in [0.1, 0.15) is 5.82 Å². The summed E-state index contributed by atoms with van der Waals surface area (Å²) in [5, 5.41) is 0. The van der Waals surface area contributed by atoms with Crippen LogP contribution in [0.2, 0.25) is 0 Å². The van der Waals surface area contributed by atoms with E-state index in [0.717, 1.165) is 24.5 Å². The van der Waals surface area contributed by atoms with Gasteiger partial charge in [-0.05, 0) is 45.4 Å². The normalized spacial score (nSPS) is 25.7. The molecule has 0 amide bonds. The van der Waals surface area contributed by atoms with Crippen LogP contribution in [-0.4, -0.2) is 51.6 Å². The maximum absolute atomic E-state index is 4.57. The van der Waals surface area contributed by atoms with E-state index < -0.39 is 0 Å². The molecule has 1 aromatic heterocycles. The zero-order valence-corrected chi connectivity index (χ0v) is 14.2. The van der Waals surface area contributed by atoms with Gasteiger partial charge in [0, 0.05) is 37.4 Å². The van der Waals surface area contributed by atoms with E-state index in [0.29, 0.717) is 0 Å². The topological polar surface area (TPSA) is 24.3 Å². The number of likely N-dealkylation sites (N-methyl/N-ethyl adjacent to an activating group) is 1. The zero-order chi connectivity index (χ0) is 15.8. The van der Waals surface area contributed by atoms with Crippen LogP contribution < -0.4 is 0 Å². The van der Waals surface area contributed by atoms with Gasteiger partial charge in [0.05, 0.1) is 11.9 Å². The van der Waals surface area contributed by atoms with Gasteiger partial charge >= 0.3 is 0 Å². The minimum Gasteiger partial charge on any atom is -0.300 e. The quantitative estimate of drug-likeness (QED) is 0.871. The molecule has 2 aromatic rings. The van der Waals surface area contributed by atoms with Crippen LogP contribution in [-0.2, 0) is 6.54 Å². The van der Waals surface area contributed by atoms with E-state index >= 15 is 0 Å². The Balaban J connectivity index is 1.56. The number of imidazole rings is 1. The summed E-state index contributed by atoms with van der Waals surface area (Å²) in [4.78, 5) is 9.80. The minimum atomic E-state index is 0.733. The number of likely N-dealkylation sites (tertiary alicyclic amines) is 1. The van der Waals surface area contributed by atoms with Crippen molar-refractivity contribution in [1.29, 1.82) is 0 Å². The monoisotopic (exact) mass is 310 g/mol. The first-order valence-corrected chi connectivity index (χ1v) is 8.75. The van der Waals surface area contributed by atoms with Crippen molar-refractivity contribution in [2.75, 3.05) is 20.1 Å². The molecule has 4 heteroatoms. The summed E-state index contributed by atoms with van der Waals surface area (Å²) in [6, 6.07) is 12.1. The highest BCUT2D eigenvalue weighted by Gasteiger charge is 2.34. The predicted molar refractivity (Wildman–Crippen MR) is 92.8 cm³/mol. The molecule has 2 fully saturated rings. The Labute approximate surface area is 138 Å². The Bertz CT molecular complexity index is 663. The summed E-state index contributed by atoms with van der Waals surface area (Å²) >= 11 is 0. The van der Waals surface area contributed by atoms with Crippen molar-refractivity contribution in [3.63, 3.8) is 0 Å². The standard InChI is InChI=1S/C19H26N4/c1-15-20-12-19(23(15)17-6-4-3-5-7-17)14-22-11-10-16-8-9-18(13-22)21(16)2/h3-7,12,16,18H,8-11,13-14H2,1-2H3/t16-,18+/m1/s1. The Morgan fingerprint density at radius 2 is 1.87 bits per heavy atom. The van der Waals surface area contributed by atoms with Crippen LogP contribution >= 0.6 is 0 Å². The largest absolute Gasteiger partial charge is 0.300 e. The van der Waals surface area contributed by atoms with E-state index in [2.05, 4.69) is 69.9 Å². The molecule has 3 heterocycles. The lowest BCUT2D eigenvalue weighted by molar-refractivity contribution is 0.212. The molecule has 0 radical (unpaired) electrons. The highest BCUT2D eigenvalue weighted by molar-refractivity contribution is 5.35. The maximum atomic E-state index is 4.57. The number of hydrogen-bond donors (Lipinski definition) is 0. The van der Waals surface area contributed by atoms with Gasteiger partial charge in [-0.2, -0.15) is 0 Å². The molecule has 2 aliphatic heterocycles. The Hall–Kier alpha value is -1.65. The van der Waals surface area contributed by atoms with Crippen molar-refractivity contribution >= 4 is 0 Å². The number of hydrogen-bond acceptors (Lipinski definition) is 3. The van der Waals surface area contributed by atoms with Crippen LogP contribution in [0.25, 0.3) is 5.69 Å². The molecule has 23 heavy (non-hydrogen) atoms. The SMILES string of the molecule is Cc1ncc(CN2CC[C@H]3CC[C@@H](C2)N3C)n1-c1ccccc1. The number of aryl methyl sites for hydroxylation is 1. The van der Waals surface area contributed by atoms with E-state index in [1.165, 1.54) is 43.7 Å². The number of para-hydroxylation sites is 1. The predicted octanol–water partition coefficient (Wildman–Crippen LogP) is 2.85. The minimum absolute atomic E-state index is 0.733. The van der Waals surface area contributed by atoms with Crippen LogP contribution in [0.1, 0.15) is 30.8 Å². The molecule has 0 N–H and O–H groups in total. The molecule has 0 aliphatic carbocycles. The van der Waals surface area contributed by atoms with Gasteiger partial charge < -0.3 is 0 Å². The molecule has 0 saturated carbocycles. The number of nitrogens with zero attached hydrogens (tertiary/aromatic N) is 4. The first-order chi connectivity index (χ1) is 11.2. The molecule has 4 rings (SSSR count). The molecule has 2 saturated heterocycles. The Morgan fingerprint density at radius 3 is 2.70 bits per heavy atom. The molecule has 2 atom stereocenters. The second-order valence-corrected chi connectivity index (χ2v) is 7.04. The summed E-state index contributed by atoms with van der Waals surface area (Å²) in [5.41, 5.74) is 2.51. The van der Waals surface area contributed by atoms with Crippen molar-refractivity contribution in [2.24, 2.45) is 0 Å². The molecule has 2 aliphatic rings. The second-order valence-electron chi connectivity index (χ2n) is 7.04. The highest BCUT2D eigenvalue weighted by atomic mass is 15.3. The van der Waals surface area contributed by atoms with Crippen molar-refractivity contribution < 1.29 is 0 Å². The molecule has 4 nitrogen and oxygen atoms in total. The first-order valence-electron chi connectivity index (χ1n) is 8.75. The van der Waals surface area contributed by atoms with E-state index in [4.69, 9.17) is 0 Å². The lowest BCUT2D eigenvalue weighted by Crippen LogP contribution is -2.36. The van der Waals surface area contributed by atoms with Gasteiger partial charge in [0.25, 0.3) is 0 Å². The summed E-state index contributed by atoms with van der Waals surface area (Å²) in [6.45, 7) is 5.47. The van der Waals surface area contributed by atoms with Crippen LogP contribution in [0.3, 0.4) is 0 Å². The number of aromatic nitrogens is 2. The first kappa shape index (κ1) is 14.9. The van der Waals surface area contributed by atoms with Crippen LogP contribution in [0.4, 0.5) is 0 Å². The third-order valence-electron chi connectivity index (χ3n) is 5.64. The second kappa shape index (κ2) is 6.10. The summed E-state index contributed by atoms with van der Waals surface area (Å²) in [7, 11) is 2.31. The van der Waals surface area contributed by atoms with Gasteiger partial charge in [0.2, 0.25) is 0 Å². The van der Waals surface area contributed by atoms with Crippen LogP contribution in [0.5, 0.6) is 0 Å². The van der Waals surface area contributed by atoms with Gasteiger partial charge in [0.15, 0.2) is 0 Å². The van der Waals surface area contributed by atoms with Crippen molar-refractivity contribution in [2.45, 2.75) is 44.8 Å². The van der Waals surface area contributed by atoms with Gasteiger partial charge in [-0.3, -0.25) is 14.4 Å². The van der Waals surface area contributed by atoms with Crippen LogP contribution in [0, 0.1) is 6.92 Å². The zero-order valence-electron chi connectivity index (χ0n) is 14.2. The lowest BCUT2D eigenvalue weighted by Gasteiger charge is -2.26. The molecule has 1 aromatic carbocycles. The summed E-state index contributed by atoms with van der Waals surface area (Å²) in [6.07, 6.45) is 6.09. The van der Waals surface area contributed by atoms with Crippen molar-refractivity contribution in [3.8, 4) is 5.69 Å². The van der Waals surface area contributed by atoms with E-state index in [-0.39, 0.29) is 0 Å². The number of benzene rings is 1. The highest BCUT2D eigenvalue weighted by Crippen LogP contribution is 2.29. The number of rotatable bonds is 3. The number of fused-ring (bicyclic) bond motifs is 2. The third kappa shape index (κ3) is 2.81. The molecular formula is C19H26N4. The Morgan fingerprint density at radius 1 is 1.09 bits per heavy atom. The molecule has 122 valence electrons. The third-order valence-corrected chi connectivity index (χ3v) is 5.64.